The molecule has 5 aliphatic carbocycles. The molecule has 5 fully saturated rings. The summed E-state index contributed by atoms with van der Waals surface area (Å²) in [5.74, 6) is 7.28. The highest BCUT2D eigenvalue weighted by Gasteiger charge is 2.60. The highest BCUT2D eigenvalue weighted by molar-refractivity contribution is 5.13. The van der Waals surface area contributed by atoms with E-state index in [4.69, 9.17) is 5.73 Å². The van der Waals surface area contributed by atoms with Gasteiger partial charge in [-0.15, -0.1) is 0 Å². The highest BCUT2D eigenvalue weighted by atomic mass is 14.8. The van der Waals surface area contributed by atoms with Crippen molar-refractivity contribution < 1.29 is 0 Å². The molecule has 1 heteroatoms. The maximum absolute atomic E-state index is 7.01. The van der Waals surface area contributed by atoms with E-state index >= 15 is 0 Å². The predicted octanol–water partition coefficient (Wildman–Crippen LogP) is 3.97. The summed E-state index contributed by atoms with van der Waals surface area (Å²) in [6.45, 7) is 0. The van der Waals surface area contributed by atoms with E-state index in [2.05, 4.69) is 0 Å². The van der Waals surface area contributed by atoms with Gasteiger partial charge in [0.2, 0.25) is 0 Å². The van der Waals surface area contributed by atoms with Gasteiger partial charge in [0.15, 0.2) is 0 Å². The Balaban J connectivity index is 1.35. The summed E-state index contributed by atoms with van der Waals surface area (Å²) in [6.07, 6.45) is 15.0. The molecule has 0 aromatic carbocycles. The quantitative estimate of drug-likeness (QED) is 0.798. The van der Waals surface area contributed by atoms with E-state index in [1.807, 2.05) is 0 Å². The second-order valence-electron chi connectivity index (χ2n) is 8.94. The van der Waals surface area contributed by atoms with Crippen LogP contribution in [0.25, 0.3) is 0 Å². The average Bonchev–Trinajstić information content (AvgIpc) is 3.12. The van der Waals surface area contributed by atoms with Crippen LogP contribution in [0.5, 0.6) is 0 Å². The minimum atomic E-state index is 0.269. The molecule has 8 atom stereocenters. The molecule has 0 radical (unpaired) electrons. The third-order valence-corrected chi connectivity index (χ3v) is 8.21. The molecule has 2 N–H and O–H groups in total. The van der Waals surface area contributed by atoms with Crippen LogP contribution in [-0.4, -0.2) is 5.54 Å². The van der Waals surface area contributed by atoms with Crippen LogP contribution in [0.4, 0.5) is 0 Å². The minimum absolute atomic E-state index is 0.269. The SMILES string of the molecule is NC1(CC2CC3CCC2C3)CC2CC1C1CCCC21. The first kappa shape index (κ1) is 11.6. The zero-order chi connectivity index (χ0) is 12.6. The van der Waals surface area contributed by atoms with Gasteiger partial charge < -0.3 is 5.73 Å². The van der Waals surface area contributed by atoms with Crippen LogP contribution < -0.4 is 5.73 Å². The molecule has 0 aliphatic heterocycles. The van der Waals surface area contributed by atoms with Gasteiger partial charge in [-0.2, -0.15) is 0 Å². The van der Waals surface area contributed by atoms with Crippen molar-refractivity contribution in [1.29, 1.82) is 0 Å². The molecule has 0 heterocycles. The van der Waals surface area contributed by atoms with E-state index in [0.29, 0.717) is 0 Å². The van der Waals surface area contributed by atoms with Crippen molar-refractivity contribution in [3.8, 4) is 0 Å². The van der Waals surface area contributed by atoms with Gasteiger partial charge >= 0.3 is 0 Å². The lowest BCUT2D eigenvalue weighted by Crippen LogP contribution is -2.50. The fourth-order valence-corrected chi connectivity index (χ4v) is 7.66. The molecule has 8 unspecified atom stereocenters. The van der Waals surface area contributed by atoms with Gasteiger partial charge in [0.05, 0.1) is 0 Å². The maximum Gasteiger partial charge on any atom is 0.0191 e. The molecule has 1 nitrogen and oxygen atoms in total. The summed E-state index contributed by atoms with van der Waals surface area (Å²) in [6, 6.07) is 0. The van der Waals surface area contributed by atoms with Gasteiger partial charge in [-0.25, -0.2) is 0 Å². The van der Waals surface area contributed by atoms with Gasteiger partial charge in [-0.3, -0.25) is 0 Å². The van der Waals surface area contributed by atoms with Crippen molar-refractivity contribution >= 4 is 0 Å². The Morgan fingerprint density at radius 2 is 1.79 bits per heavy atom. The predicted molar refractivity (Wildman–Crippen MR) is 77.5 cm³/mol. The summed E-state index contributed by atoms with van der Waals surface area (Å²) < 4.78 is 0. The molecule has 5 aliphatic rings. The van der Waals surface area contributed by atoms with E-state index in [0.717, 1.165) is 41.4 Å². The van der Waals surface area contributed by atoms with E-state index < -0.39 is 0 Å². The number of hydrogen-bond donors (Lipinski definition) is 1. The van der Waals surface area contributed by atoms with Crippen LogP contribution in [0.1, 0.15) is 64.2 Å². The molecule has 0 amide bonds. The molecule has 4 bridgehead atoms. The number of rotatable bonds is 2. The van der Waals surface area contributed by atoms with E-state index in [-0.39, 0.29) is 5.54 Å². The topological polar surface area (TPSA) is 26.0 Å². The Morgan fingerprint density at radius 1 is 0.895 bits per heavy atom. The van der Waals surface area contributed by atoms with Crippen LogP contribution in [0.3, 0.4) is 0 Å². The van der Waals surface area contributed by atoms with Gasteiger partial charge in [0.25, 0.3) is 0 Å². The molecule has 5 rings (SSSR count). The van der Waals surface area contributed by atoms with Crippen LogP contribution in [0.2, 0.25) is 0 Å². The summed E-state index contributed by atoms with van der Waals surface area (Å²) >= 11 is 0. The summed E-state index contributed by atoms with van der Waals surface area (Å²) in [7, 11) is 0. The number of nitrogens with two attached hydrogens (primary N) is 1. The first-order valence-corrected chi connectivity index (χ1v) is 9.02. The second-order valence-corrected chi connectivity index (χ2v) is 8.94. The smallest absolute Gasteiger partial charge is 0.0191 e. The van der Waals surface area contributed by atoms with Crippen molar-refractivity contribution in [2.24, 2.45) is 47.2 Å². The lowest BCUT2D eigenvalue weighted by molar-refractivity contribution is 0.116. The molecular weight excluding hydrogens is 230 g/mol. The van der Waals surface area contributed by atoms with Crippen molar-refractivity contribution in [2.75, 3.05) is 0 Å². The fraction of sp³-hybridized carbons (Fsp3) is 1.00. The van der Waals surface area contributed by atoms with Crippen molar-refractivity contribution in [1.82, 2.24) is 0 Å². The monoisotopic (exact) mass is 259 g/mol. The van der Waals surface area contributed by atoms with Gasteiger partial charge in [0, 0.05) is 5.54 Å². The highest BCUT2D eigenvalue weighted by Crippen LogP contribution is 2.64. The first-order chi connectivity index (χ1) is 9.23. The molecule has 0 aromatic rings. The molecule has 0 aromatic heterocycles. The van der Waals surface area contributed by atoms with E-state index in [1.165, 1.54) is 57.8 Å². The van der Waals surface area contributed by atoms with Crippen molar-refractivity contribution in [2.45, 2.75) is 69.7 Å². The van der Waals surface area contributed by atoms with Crippen LogP contribution >= 0.6 is 0 Å². The lowest BCUT2D eigenvalue weighted by Gasteiger charge is -2.43. The summed E-state index contributed by atoms with van der Waals surface area (Å²) in [5.41, 5.74) is 7.28. The zero-order valence-corrected chi connectivity index (χ0v) is 12.2. The number of fused-ring (bicyclic) bond motifs is 7. The molecule has 19 heavy (non-hydrogen) atoms. The zero-order valence-electron chi connectivity index (χ0n) is 12.2. The maximum atomic E-state index is 7.01. The van der Waals surface area contributed by atoms with Crippen LogP contribution in [0.15, 0.2) is 0 Å². The average molecular weight is 259 g/mol. The third kappa shape index (κ3) is 1.51. The van der Waals surface area contributed by atoms with Crippen molar-refractivity contribution in [3.05, 3.63) is 0 Å². The molecule has 106 valence electrons. The first-order valence-electron chi connectivity index (χ1n) is 9.02. The molecule has 0 saturated heterocycles. The number of hydrogen-bond acceptors (Lipinski definition) is 1. The van der Waals surface area contributed by atoms with Crippen LogP contribution in [0, 0.1) is 41.4 Å². The van der Waals surface area contributed by atoms with Gasteiger partial charge in [0.1, 0.15) is 0 Å². The van der Waals surface area contributed by atoms with Gasteiger partial charge in [-0.1, -0.05) is 12.8 Å². The molecule has 0 spiro atoms. The Labute approximate surface area is 117 Å². The lowest BCUT2D eigenvalue weighted by atomic mass is 9.66. The van der Waals surface area contributed by atoms with Crippen molar-refractivity contribution in [3.63, 3.8) is 0 Å². The summed E-state index contributed by atoms with van der Waals surface area (Å²) in [5, 5.41) is 0. The molecular formula is C18H29N. The van der Waals surface area contributed by atoms with E-state index in [9.17, 15) is 0 Å². The Kier molecular flexibility index (Phi) is 2.31. The normalized spacial score (nSPS) is 62.1. The third-order valence-electron chi connectivity index (χ3n) is 8.21. The van der Waals surface area contributed by atoms with Gasteiger partial charge in [-0.05, 0) is 92.8 Å². The standard InChI is InChI=1S/C18H29N/c19-18(9-13-7-11-4-5-12(13)6-11)10-14-8-17(18)16-3-1-2-15(14)16/h11-17H,1-10,19H2. The second kappa shape index (κ2) is 3.78. The van der Waals surface area contributed by atoms with Crippen LogP contribution in [-0.2, 0) is 0 Å². The fourth-order valence-electron chi connectivity index (χ4n) is 7.66. The van der Waals surface area contributed by atoms with E-state index in [1.54, 1.807) is 6.42 Å². The Morgan fingerprint density at radius 3 is 2.58 bits per heavy atom. The Bertz CT molecular complexity index is 391. The molecule has 5 saturated carbocycles. The minimum Gasteiger partial charge on any atom is -0.325 e. The largest absolute Gasteiger partial charge is 0.325 e. The Hall–Kier alpha value is -0.0400. The summed E-state index contributed by atoms with van der Waals surface area (Å²) in [4.78, 5) is 0.